The van der Waals surface area contributed by atoms with E-state index in [9.17, 15) is 8.42 Å². The van der Waals surface area contributed by atoms with Crippen molar-refractivity contribution in [2.75, 3.05) is 6.54 Å². The lowest BCUT2D eigenvalue weighted by Crippen LogP contribution is -2.26. The van der Waals surface area contributed by atoms with E-state index in [1.807, 2.05) is 19.1 Å². The first-order chi connectivity index (χ1) is 9.08. The molecule has 0 aromatic heterocycles. The van der Waals surface area contributed by atoms with Crippen LogP contribution in [0.25, 0.3) is 0 Å². The molecule has 0 amide bonds. The Kier molecular flexibility index (Phi) is 4.77. The molecule has 4 heteroatoms. The highest BCUT2D eigenvalue weighted by Gasteiger charge is 2.14. The number of allylic oxidation sites excluding steroid dienone is 2. The SMILES string of the molecule is Cc1ccc(S(=O)(=O)NCCC2C=CCCC2)cc1. The summed E-state index contributed by atoms with van der Waals surface area (Å²) in [5.41, 5.74) is 1.06. The van der Waals surface area contributed by atoms with Crippen molar-refractivity contribution in [2.24, 2.45) is 5.92 Å². The maximum absolute atomic E-state index is 12.1. The molecule has 104 valence electrons. The van der Waals surface area contributed by atoms with Gasteiger partial charge in [0.2, 0.25) is 10.0 Å². The van der Waals surface area contributed by atoms with Gasteiger partial charge in [-0.25, -0.2) is 13.1 Å². The van der Waals surface area contributed by atoms with E-state index in [0.717, 1.165) is 18.4 Å². The third kappa shape index (κ3) is 4.18. The van der Waals surface area contributed by atoms with Crippen LogP contribution in [-0.4, -0.2) is 15.0 Å². The van der Waals surface area contributed by atoms with E-state index in [1.54, 1.807) is 12.1 Å². The van der Waals surface area contributed by atoms with E-state index in [1.165, 1.54) is 12.8 Å². The molecule has 0 saturated heterocycles. The maximum atomic E-state index is 12.1. The minimum absolute atomic E-state index is 0.345. The Balaban J connectivity index is 1.89. The summed E-state index contributed by atoms with van der Waals surface area (Å²) in [6.45, 7) is 2.45. The number of rotatable bonds is 5. The third-order valence-electron chi connectivity index (χ3n) is 3.49. The summed E-state index contributed by atoms with van der Waals surface area (Å²) in [4.78, 5) is 0.345. The molecule has 1 N–H and O–H groups in total. The van der Waals surface area contributed by atoms with Gasteiger partial charge < -0.3 is 0 Å². The van der Waals surface area contributed by atoms with E-state index in [4.69, 9.17) is 0 Å². The minimum atomic E-state index is -3.35. The van der Waals surface area contributed by atoms with Crippen molar-refractivity contribution >= 4 is 10.0 Å². The molecule has 1 aromatic carbocycles. The molecule has 1 aliphatic carbocycles. The molecule has 0 bridgehead atoms. The van der Waals surface area contributed by atoms with Gasteiger partial charge in [-0.05, 0) is 50.7 Å². The van der Waals surface area contributed by atoms with Crippen LogP contribution in [0.5, 0.6) is 0 Å². The fraction of sp³-hybridized carbons (Fsp3) is 0.467. The first kappa shape index (κ1) is 14.3. The standard InChI is InChI=1S/C15H21NO2S/c1-13-7-9-15(10-8-13)19(17,18)16-12-11-14-5-3-2-4-6-14/h3,5,7-10,14,16H,2,4,6,11-12H2,1H3. The zero-order chi connectivity index (χ0) is 13.7. The lowest BCUT2D eigenvalue weighted by Gasteiger charge is -2.16. The van der Waals surface area contributed by atoms with Crippen LogP contribution in [-0.2, 0) is 10.0 Å². The second-order valence-electron chi connectivity index (χ2n) is 5.12. The molecule has 1 aromatic rings. The Labute approximate surface area is 115 Å². The first-order valence-electron chi connectivity index (χ1n) is 6.81. The number of nitrogens with one attached hydrogen (secondary N) is 1. The number of sulfonamides is 1. The predicted octanol–water partition coefficient (Wildman–Crippen LogP) is 3.02. The molecule has 1 aliphatic rings. The van der Waals surface area contributed by atoms with E-state index in [-0.39, 0.29) is 0 Å². The second-order valence-corrected chi connectivity index (χ2v) is 6.89. The fourth-order valence-electron chi connectivity index (χ4n) is 2.30. The van der Waals surface area contributed by atoms with Gasteiger partial charge in [0.25, 0.3) is 0 Å². The molecule has 0 radical (unpaired) electrons. The second kappa shape index (κ2) is 6.35. The molecule has 0 aliphatic heterocycles. The molecular weight excluding hydrogens is 258 g/mol. The zero-order valence-corrected chi connectivity index (χ0v) is 12.1. The van der Waals surface area contributed by atoms with E-state index < -0.39 is 10.0 Å². The van der Waals surface area contributed by atoms with Gasteiger partial charge in [0, 0.05) is 6.54 Å². The Bertz CT molecular complexity index is 532. The smallest absolute Gasteiger partial charge is 0.211 e. The van der Waals surface area contributed by atoms with Gasteiger partial charge in [-0.1, -0.05) is 29.8 Å². The Morgan fingerprint density at radius 3 is 2.63 bits per heavy atom. The third-order valence-corrected chi connectivity index (χ3v) is 4.97. The van der Waals surface area contributed by atoms with Crippen molar-refractivity contribution in [3.8, 4) is 0 Å². The summed E-state index contributed by atoms with van der Waals surface area (Å²) in [7, 11) is -3.35. The van der Waals surface area contributed by atoms with Crippen molar-refractivity contribution in [1.29, 1.82) is 0 Å². The lowest BCUT2D eigenvalue weighted by atomic mass is 9.93. The monoisotopic (exact) mass is 279 g/mol. The van der Waals surface area contributed by atoms with Crippen LogP contribution in [0.15, 0.2) is 41.3 Å². The molecule has 0 saturated carbocycles. The topological polar surface area (TPSA) is 46.2 Å². The van der Waals surface area contributed by atoms with E-state index >= 15 is 0 Å². The summed E-state index contributed by atoms with van der Waals surface area (Å²) in [5, 5.41) is 0. The van der Waals surface area contributed by atoms with Gasteiger partial charge in [-0.15, -0.1) is 0 Å². The van der Waals surface area contributed by atoms with Crippen molar-refractivity contribution in [2.45, 2.75) is 37.5 Å². The van der Waals surface area contributed by atoms with Crippen LogP contribution in [0.2, 0.25) is 0 Å². The number of hydrogen-bond donors (Lipinski definition) is 1. The van der Waals surface area contributed by atoms with Crippen molar-refractivity contribution in [3.63, 3.8) is 0 Å². The molecule has 0 heterocycles. The first-order valence-corrected chi connectivity index (χ1v) is 8.29. The van der Waals surface area contributed by atoms with Gasteiger partial charge >= 0.3 is 0 Å². The molecule has 3 nitrogen and oxygen atoms in total. The summed E-state index contributed by atoms with van der Waals surface area (Å²) in [6.07, 6.45) is 8.83. The van der Waals surface area contributed by atoms with Gasteiger partial charge in [-0.2, -0.15) is 0 Å². The van der Waals surface area contributed by atoms with Crippen LogP contribution in [0.4, 0.5) is 0 Å². The van der Waals surface area contributed by atoms with Crippen molar-refractivity contribution in [3.05, 3.63) is 42.0 Å². The highest BCUT2D eigenvalue weighted by atomic mass is 32.2. The highest BCUT2D eigenvalue weighted by Crippen LogP contribution is 2.19. The molecule has 2 rings (SSSR count). The molecule has 0 fully saturated rings. The molecule has 1 unspecified atom stereocenters. The molecule has 0 spiro atoms. The Morgan fingerprint density at radius 2 is 2.00 bits per heavy atom. The van der Waals surface area contributed by atoms with Gasteiger partial charge in [0.05, 0.1) is 4.90 Å². The van der Waals surface area contributed by atoms with Crippen LogP contribution in [0.3, 0.4) is 0 Å². The average Bonchev–Trinajstić information content (AvgIpc) is 2.40. The number of benzene rings is 1. The highest BCUT2D eigenvalue weighted by molar-refractivity contribution is 7.89. The molecule has 19 heavy (non-hydrogen) atoms. The lowest BCUT2D eigenvalue weighted by molar-refractivity contribution is 0.498. The van der Waals surface area contributed by atoms with E-state index in [2.05, 4.69) is 16.9 Å². The van der Waals surface area contributed by atoms with Gasteiger partial charge in [-0.3, -0.25) is 0 Å². The van der Waals surface area contributed by atoms with Crippen LogP contribution in [0, 0.1) is 12.8 Å². The summed E-state index contributed by atoms with van der Waals surface area (Å²) < 4.78 is 26.8. The van der Waals surface area contributed by atoms with Crippen molar-refractivity contribution < 1.29 is 8.42 Å². The maximum Gasteiger partial charge on any atom is 0.240 e. The van der Waals surface area contributed by atoms with Gasteiger partial charge in [0.15, 0.2) is 0 Å². The average molecular weight is 279 g/mol. The molecular formula is C15H21NO2S. The minimum Gasteiger partial charge on any atom is -0.211 e. The van der Waals surface area contributed by atoms with E-state index in [0.29, 0.717) is 17.4 Å². The fourth-order valence-corrected chi connectivity index (χ4v) is 3.35. The summed E-state index contributed by atoms with van der Waals surface area (Å²) >= 11 is 0. The summed E-state index contributed by atoms with van der Waals surface area (Å²) in [6, 6.07) is 6.94. The quantitative estimate of drug-likeness (QED) is 0.842. The Morgan fingerprint density at radius 1 is 1.26 bits per heavy atom. The normalized spacial score (nSPS) is 19.5. The summed E-state index contributed by atoms with van der Waals surface area (Å²) in [5.74, 6) is 0.523. The van der Waals surface area contributed by atoms with Crippen LogP contribution in [0.1, 0.15) is 31.2 Å². The van der Waals surface area contributed by atoms with Crippen LogP contribution >= 0.6 is 0 Å². The molecule has 1 atom stereocenters. The predicted molar refractivity (Wildman–Crippen MR) is 77.5 cm³/mol. The number of hydrogen-bond acceptors (Lipinski definition) is 2. The largest absolute Gasteiger partial charge is 0.240 e. The number of aryl methyl sites for hydroxylation is 1. The zero-order valence-electron chi connectivity index (χ0n) is 11.3. The van der Waals surface area contributed by atoms with Crippen LogP contribution < -0.4 is 4.72 Å². The Hall–Kier alpha value is -1.13. The van der Waals surface area contributed by atoms with Gasteiger partial charge in [0.1, 0.15) is 0 Å². The van der Waals surface area contributed by atoms with Crippen molar-refractivity contribution in [1.82, 2.24) is 4.72 Å².